The molecule has 112 valence electrons. The predicted molar refractivity (Wildman–Crippen MR) is 80.5 cm³/mol. The van der Waals surface area contributed by atoms with E-state index in [1.807, 2.05) is 6.07 Å². The van der Waals surface area contributed by atoms with Gasteiger partial charge in [0.05, 0.1) is 31.1 Å². The first-order valence-corrected chi connectivity index (χ1v) is 7.88. The van der Waals surface area contributed by atoms with Gasteiger partial charge in [-0.1, -0.05) is 6.07 Å². The first-order valence-electron chi connectivity index (χ1n) is 7.00. The summed E-state index contributed by atoms with van der Waals surface area (Å²) >= 11 is 1.72. The fourth-order valence-electron chi connectivity index (χ4n) is 2.46. The highest BCUT2D eigenvalue weighted by molar-refractivity contribution is 7.10. The monoisotopic (exact) mass is 306 g/mol. The van der Waals surface area contributed by atoms with E-state index >= 15 is 0 Å². The molecular weight excluding hydrogens is 288 g/mol. The molecule has 1 saturated heterocycles. The number of nitrogens with zero attached hydrogens (tertiary/aromatic N) is 1. The molecule has 1 amide bonds. The first-order chi connectivity index (χ1) is 10.3. The number of ether oxygens (including phenoxy) is 1. The van der Waals surface area contributed by atoms with Gasteiger partial charge in [-0.25, -0.2) is 0 Å². The van der Waals surface area contributed by atoms with Gasteiger partial charge in [0.2, 0.25) is 0 Å². The van der Waals surface area contributed by atoms with E-state index in [0.717, 1.165) is 26.3 Å². The van der Waals surface area contributed by atoms with Crippen molar-refractivity contribution in [2.45, 2.75) is 6.04 Å². The van der Waals surface area contributed by atoms with E-state index < -0.39 is 0 Å². The van der Waals surface area contributed by atoms with Gasteiger partial charge < -0.3 is 14.5 Å². The van der Waals surface area contributed by atoms with Crippen LogP contribution < -0.4 is 5.32 Å². The van der Waals surface area contributed by atoms with Crippen LogP contribution in [0, 0.1) is 0 Å². The van der Waals surface area contributed by atoms with Gasteiger partial charge in [-0.05, 0) is 17.5 Å². The Bertz CT molecular complexity index is 548. The van der Waals surface area contributed by atoms with E-state index in [2.05, 4.69) is 21.7 Å². The van der Waals surface area contributed by atoms with Crippen molar-refractivity contribution >= 4 is 17.2 Å². The number of nitrogens with one attached hydrogen (secondary N) is 1. The summed E-state index contributed by atoms with van der Waals surface area (Å²) in [6.07, 6.45) is 2.97. The second-order valence-corrected chi connectivity index (χ2v) is 5.88. The summed E-state index contributed by atoms with van der Waals surface area (Å²) < 4.78 is 10.4. The number of amides is 1. The molecule has 2 aromatic heterocycles. The van der Waals surface area contributed by atoms with E-state index in [1.54, 1.807) is 17.4 Å². The summed E-state index contributed by atoms with van der Waals surface area (Å²) in [4.78, 5) is 15.7. The summed E-state index contributed by atoms with van der Waals surface area (Å²) in [6, 6.07) is 6.04. The molecule has 0 radical (unpaired) electrons. The van der Waals surface area contributed by atoms with Crippen LogP contribution >= 0.6 is 11.3 Å². The van der Waals surface area contributed by atoms with E-state index in [4.69, 9.17) is 9.15 Å². The van der Waals surface area contributed by atoms with Crippen molar-refractivity contribution in [3.05, 3.63) is 46.5 Å². The number of carbonyl (C=O) groups excluding carboxylic acids is 1. The third-order valence-corrected chi connectivity index (χ3v) is 4.57. The minimum atomic E-state index is -0.0986. The molecule has 2 aromatic rings. The van der Waals surface area contributed by atoms with Crippen molar-refractivity contribution in [3.63, 3.8) is 0 Å². The third-order valence-electron chi connectivity index (χ3n) is 3.60. The molecule has 0 aliphatic carbocycles. The van der Waals surface area contributed by atoms with Crippen LogP contribution in [0.5, 0.6) is 0 Å². The molecule has 5 nitrogen and oxygen atoms in total. The largest absolute Gasteiger partial charge is 0.472 e. The molecule has 0 aromatic carbocycles. The number of hydrogen-bond donors (Lipinski definition) is 1. The van der Waals surface area contributed by atoms with Gasteiger partial charge in [0.15, 0.2) is 0 Å². The van der Waals surface area contributed by atoms with E-state index in [9.17, 15) is 4.79 Å². The fraction of sp³-hybridized carbons (Fsp3) is 0.400. The molecule has 0 unspecified atom stereocenters. The van der Waals surface area contributed by atoms with E-state index in [0.29, 0.717) is 12.1 Å². The van der Waals surface area contributed by atoms with Crippen molar-refractivity contribution in [1.82, 2.24) is 10.2 Å². The molecule has 3 rings (SSSR count). The first kappa shape index (κ1) is 14.3. The van der Waals surface area contributed by atoms with Crippen molar-refractivity contribution in [2.24, 2.45) is 0 Å². The van der Waals surface area contributed by atoms with Crippen molar-refractivity contribution in [2.75, 3.05) is 32.8 Å². The lowest BCUT2D eigenvalue weighted by Crippen LogP contribution is -2.43. The normalized spacial score (nSPS) is 17.5. The molecule has 1 atom stereocenters. The molecule has 1 aliphatic rings. The van der Waals surface area contributed by atoms with Gasteiger partial charge in [0.25, 0.3) is 5.91 Å². The Morgan fingerprint density at radius 1 is 1.38 bits per heavy atom. The van der Waals surface area contributed by atoms with Gasteiger partial charge >= 0.3 is 0 Å². The van der Waals surface area contributed by atoms with Gasteiger partial charge in [-0.15, -0.1) is 11.3 Å². The number of carbonyl (C=O) groups is 1. The summed E-state index contributed by atoms with van der Waals surface area (Å²) in [7, 11) is 0. The molecule has 0 spiro atoms. The smallest absolute Gasteiger partial charge is 0.254 e. The highest BCUT2D eigenvalue weighted by atomic mass is 32.1. The Morgan fingerprint density at radius 3 is 2.90 bits per heavy atom. The predicted octanol–water partition coefficient (Wildman–Crippen LogP) is 2.14. The van der Waals surface area contributed by atoms with Crippen LogP contribution in [0.15, 0.2) is 40.5 Å². The Balaban J connectivity index is 1.66. The molecular formula is C15H18N2O3S. The third kappa shape index (κ3) is 3.53. The van der Waals surface area contributed by atoms with Crippen LogP contribution in [-0.4, -0.2) is 43.7 Å². The van der Waals surface area contributed by atoms with Crippen LogP contribution in [0.25, 0.3) is 0 Å². The highest BCUT2D eigenvalue weighted by Crippen LogP contribution is 2.25. The highest BCUT2D eigenvalue weighted by Gasteiger charge is 2.24. The zero-order chi connectivity index (χ0) is 14.5. The molecule has 1 N–H and O–H groups in total. The average Bonchev–Trinajstić information content (AvgIpc) is 3.22. The Kier molecular flexibility index (Phi) is 4.69. The quantitative estimate of drug-likeness (QED) is 0.919. The van der Waals surface area contributed by atoms with Crippen LogP contribution in [0.3, 0.4) is 0 Å². The number of rotatable bonds is 5. The molecule has 6 heteroatoms. The molecule has 3 heterocycles. The Hall–Kier alpha value is -1.63. The lowest BCUT2D eigenvalue weighted by Gasteiger charge is -2.34. The van der Waals surface area contributed by atoms with E-state index in [-0.39, 0.29) is 11.9 Å². The number of morpholine rings is 1. The lowest BCUT2D eigenvalue weighted by atomic mass is 10.2. The van der Waals surface area contributed by atoms with Crippen LogP contribution in [0.2, 0.25) is 0 Å². The van der Waals surface area contributed by atoms with Gasteiger partial charge in [-0.2, -0.15) is 0 Å². The van der Waals surface area contributed by atoms with Crippen molar-refractivity contribution in [1.29, 1.82) is 0 Å². The van der Waals surface area contributed by atoms with Crippen molar-refractivity contribution < 1.29 is 13.9 Å². The molecule has 21 heavy (non-hydrogen) atoms. The zero-order valence-electron chi connectivity index (χ0n) is 11.7. The minimum Gasteiger partial charge on any atom is -0.472 e. The summed E-state index contributed by atoms with van der Waals surface area (Å²) in [5.74, 6) is -0.0986. The van der Waals surface area contributed by atoms with E-state index in [1.165, 1.54) is 17.4 Å². The lowest BCUT2D eigenvalue weighted by molar-refractivity contribution is 0.0169. The molecule has 1 aliphatic heterocycles. The number of hydrogen-bond acceptors (Lipinski definition) is 5. The van der Waals surface area contributed by atoms with Crippen LogP contribution in [-0.2, 0) is 4.74 Å². The average molecular weight is 306 g/mol. The summed E-state index contributed by atoms with van der Waals surface area (Å²) in [6.45, 7) is 3.87. The molecule has 1 fully saturated rings. The molecule has 0 bridgehead atoms. The van der Waals surface area contributed by atoms with Gasteiger partial charge in [0, 0.05) is 24.5 Å². The molecule has 0 saturated carbocycles. The zero-order valence-corrected chi connectivity index (χ0v) is 12.5. The fourth-order valence-corrected chi connectivity index (χ4v) is 3.33. The second-order valence-electron chi connectivity index (χ2n) is 4.90. The van der Waals surface area contributed by atoms with Gasteiger partial charge in [-0.3, -0.25) is 9.69 Å². The van der Waals surface area contributed by atoms with Crippen molar-refractivity contribution in [3.8, 4) is 0 Å². The second kappa shape index (κ2) is 6.89. The topological polar surface area (TPSA) is 54.7 Å². The SMILES string of the molecule is O=C(NC[C@H](c1cccs1)N1CCOCC1)c1ccoc1. The minimum absolute atomic E-state index is 0.0986. The number of thiophene rings is 1. The maximum atomic E-state index is 12.1. The maximum absolute atomic E-state index is 12.1. The summed E-state index contributed by atoms with van der Waals surface area (Å²) in [5, 5.41) is 5.07. The Labute approximate surface area is 127 Å². The standard InChI is InChI=1S/C15H18N2O3S/c18-15(12-3-6-20-11-12)16-10-13(14-2-1-9-21-14)17-4-7-19-8-5-17/h1-3,6,9,11,13H,4-5,7-8,10H2,(H,16,18)/t13-/m1/s1. The van der Waals surface area contributed by atoms with Gasteiger partial charge in [0.1, 0.15) is 6.26 Å². The van der Waals surface area contributed by atoms with Crippen LogP contribution in [0.1, 0.15) is 21.3 Å². The summed E-state index contributed by atoms with van der Waals surface area (Å²) in [5.41, 5.74) is 0.557. The maximum Gasteiger partial charge on any atom is 0.254 e. The Morgan fingerprint density at radius 2 is 2.24 bits per heavy atom. The van der Waals surface area contributed by atoms with Crippen LogP contribution in [0.4, 0.5) is 0 Å². The number of furan rings is 1.